The lowest BCUT2D eigenvalue weighted by molar-refractivity contribution is 1.27. The number of rotatable bonds is 9. The van der Waals surface area contributed by atoms with Crippen LogP contribution in [0.4, 0.5) is 17.1 Å². The van der Waals surface area contributed by atoms with E-state index in [0.717, 1.165) is 78.4 Å². The zero-order chi connectivity index (χ0) is 39.4. The molecule has 0 spiro atoms. The van der Waals surface area contributed by atoms with Crippen molar-refractivity contribution in [2.45, 2.75) is 0 Å². The molecule has 0 aliphatic rings. The van der Waals surface area contributed by atoms with Crippen molar-refractivity contribution in [1.29, 1.82) is 0 Å². The summed E-state index contributed by atoms with van der Waals surface area (Å²) in [7, 11) is 0. The van der Waals surface area contributed by atoms with E-state index < -0.39 is 0 Å². The lowest BCUT2D eigenvalue weighted by atomic mass is 9.94. The molecule has 0 amide bonds. The summed E-state index contributed by atoms with van der Waals surface area (Å²) in [6.45, 7) is 0. The third kappa shape index (κ3) is 7.30. The number of hydrogen-bond acceptors (Lipinski definition) is 3. The average molecular weight is 754 g/mol. The van der Waals surface area contributed by atoms with Crippen molar-refractivity contribution in [3.8, 4) is 67.0 Å². The summed E-state index contributed by atoms with van der Waals surface area (Å²) < 4.78 is 0. The Balaban J connectivity index is 1.13. The number of benzene rings is 9. The van der Waals surface area contributed by atoms with Crippen molar-refractivity contribution < 1.29 is 0 Å². The summed E-state index contributed by atoms with van der Waals surface area (Å²) in [6.07, 6.45) is 0. The molecule has 9 aromatic carbocycles. The second kappa shape index (κ2) is 15.9. The second-order valence-electron chi connectivity index (χ2n) is 14.6. The monoisotopic (exact) mass is 753 g/mol. The van der Waals surface area contributed by atoms with Crippen LogP contribution < -0.4 is 4.90 Å². The minimum absolute atomic E-state index is 0.854. The lowest BCUT2D eigenvalue weighted by Gasteiger charge is -2.27. The highest BCUT2D eigenvalue weighted by atomic mass is 15.1. The van der Waals surface area contributed by atoms with Crippen LogP contribution in [0.25, 0.3) is 78.1 Å². The number of fused-ring (bicyclic) bond motifs is 1. The van der Waals surface area contributed by atoms with Gasteiger partial charge in [-0.15, -0.1) is 0 Å². The van der Waals surface area contributed by atoms with Crippen LogP contribution in [0.2, 0.25) is 0 Å². The van der Waals surface area contributed by atoms with Gasteiger partial charge in [0.1, 0.15) is 0 Å². The van der Waals surface area contributed by atoms with Crippen LogP contribution in [-0.4, -0.2) is 9.97 Å². The van der Waals surface area contributed by atoms with E-state index in [1.807, 2.05) is 30.3 Å². The molecule has 10 rings (SSSR count). The molecule has 0 saturated heterocycles. The predicted octanol–water partition coefficient (Wildman–Crippen LogP) is 15.1. The normalized spacial score (nSPS) is 11.1. The molecule has 0 fully saturated rings. The molecule has 1 aromatic heterocycles. The summed E-state index contributed by atoms with van der Waals surface area (Å²) in [5.74, 6) is 0. The fourth-order valence-corrected chi connectivity index (χ4v) is 7.94. The molecule has 0 unspecified atom stereocenters. The summed E-state index contributed by atoms with van der Waals surface area (Å²) in [6, 6.07) is 83.6. The van der Waals surface area contributed by atoms with E-state index in [0.29, 0.717) is 0 Å². The molecule has 0 bridgehead atoms. The molecular formula is C56H39N3. The number of aromatic nitrogens is 2. The van der Waals surface area contributed by atoms with E-state index in [9.17, 15) is 0 Å². The summed E-state index contributed by atoms with van der Waals surface area (Å²) in [5, 5.41) is 0. The van der Waals surface area contributed by atoms with E-state index >= 15 is 0 Å². The molecule has 0 N–H and O–H groups in total. The van der Waals surface area contributed by atoms with Crippen LogP contribution in [0.3, 0.4) is 0 Å². The summed E-state index contributed by atoms with van der Waals surface area (Å²) >= 11 is 0. The Morgan fingerprint density at radius 1 is 0.237 bits per heavy atom. The number of para-hydroxylation sites is 2. The topological polar surface area (TPSA) is 29.0 Å². The Bertz CT molecular complexity index is 2940. The first-order valence-corrected chi connectivity index (χ1v) is 20.0. The van der Waals surface area contributed by atoms with Gasteiger partial charge in [-0.25, -0.2) is 9.97 Å². The lowest BCUT2D eigenvalue weighted by Crippen LogP contribution is -2.10. The Morgan fingerprint density at radius 2 is 0.576 bits per heavy atom. The van der Waals surface area contributed by atoms with Crippen LogP contribution in [0.5, 0.6) is 0 Å². The maximum atomic E-state index is 5.19. The van der Waals surface area contributed by atoms with Gasteiger partial charge >= 0.3 is 0 Å². The number of anilines is 3. The van der Waals surface area contributed by atoms with Crippen molar-refractivity contribution in [3.05, 3.63) is 237 Å². The standard InChI is InChI=1S/C56H39N3/c1-5-17-40(18-6-1)46-37-47(41-19-7-2-8-20-41)39-50(38-46)59(48-33-29-43(30-34-48)52-26-14-13-25-51(52)42-21-9-3-10-22-42)49-35-31-45(32-36-49)56-55(44-23-11-4-12-24-44)57-53-27-15-16-28-54(53)58-56/h1-39H. The first-order chi connectivity index (χ1) is 29.2. The molecule has 59 heavy (non-hydrogen) atoms. The first kappa shape index (κ1) is 35.5. The Morgan fingerprint density at radius 3 is 1.03 bits per heavy atom. The van der Waals surface area contributed by atoms with E-state index in [1.165, 1.54) is 16.7 Å². The third-order valence-corrected chi connectivity index (χ3v) is 10.9. The molecule has 0 saturated carbocycles. The van der Waals surface area contributed by atoms with E-state index in [4.69, 9.17) is 9.97 Å². The van der Waals surface area contributed by atoms with E-state index in [2.05, 4.69) is 211 Å². The van der Waals surface area contributed by atoms with Crippen LogP contribution in [0, 0.1) is 0 Å². The van der Waals surface area contributed by atoms with Crippen molar-refractivity contribution in [3.63, 3.8) is 0 Å². The zero-order valence-corrected chi connectivity index (χ0v) is 32.4. The first-order valence-electron chi connectivity index (χ1n) is 20.0. The van der Waals surface area contributed by atoms with Crippen LogP contribution in [-0.2, 0) is 0 Å². The van der Waals surface area contributed by atoms with Gasteiger partial charge in [-0.1, -0.05) is 182 Å². The SMILES string of the molecule is c1ccc(-c2cc(-c3ccccc3)cc(N(c3ccc(-c4ccccc4-c4ccccc4)cc3)c3ccc(-c4nc5ccccc5nc4-c4ccccc4)cc3)c2)cc1. The quantitative estimate of drug-likeness (QED) is 0.147. The van der Waals surface area contributed by atoms with Gasteiger partial charge < -0.3 is 4.90 Å². The van der Waals surface area contributed by atoms with E-state index in [1.54, 1.807) is 0 Å². The molecule has 0 atom stereocenters. The average Bonchev–Trinajstić information content (AvgIpc) is 3.33. The molecule has 278 valence electrons. The molecule has 0 radical (unpaired) electrons. The van der Waals surface area contributed by atoms with Crippen molar-refractivity contribution in [1.82, 2.24) is 9.97 Å². The van der Waals surface area contributed by atoms with Gasteiger partial charge in [0.05, 0.1) is 22.4 Å². The highest BCUT2D eigenvalue weighted by Crippen LogP contribution is 2.42. The Kier molecular flexibility index (Phi) is 9.59. The fourth-order valence-electron chi connectivity index (χ4n) is 7.94. The fraction of sp³-hybridized carbons (Fsp3) is 0. The molecule has 0 aliphatic carbocycles. The highest BCUT2D eigenvalue weighted by molar-refractivity contribution is 5.90. The number of hydrogen-bond donors (Lipinski definition) is 0. The van der Waals surface area contributed by atoms with Crippen LogP contribution >= 0.6 is 0 Å². The molecule has 1 heterocycles. The van der Waals surface area contributed by atoms with Gasteiger partial charge in [0, 0.05) is 28.2 Å². The van der Waals surface area contributed by atoms with Crippen molar-refractivity contribution >= 4 is 28.1 Å². The predicted molar refractivity (Wildman–Crippen MR) is 247 cm³/mol. The van der Waals surface area contributed by atoms with Gasteiger partial charge in [-0.05, 0) is 99.1 Å². The molecule has 0 aliphatic heterocycles. The zero-order valence-electron chi connectivity index (χ0n) is 32.4. The van der Waals surface area contributed by atoms with Gasteiger partial charge in [0.25, 0.3) is 0 Å². The number of nitrogens with zero attached hydrogens (tertiary/aromatic N) is 3. The van der Waals surface area contributed by atoms with Crippen molar-refractivity contribution in [2.75, 3.05) is 4.90 Å². The molecule has 10 aromatic rings. The summed E-state index contributed by atoms with van der Waals surface area (Å²) in [4.78, 5) is 12.7. The maximum Gasteiger partial charge on any atom is 0.0973 e. The molecule has 3 heteroatoms. The molecule has 3 nitrogen and oxygen atoms in total. The van der Waals surface area contributed by atoms with E-state index in [-0.39, 0.29) is 0 Å². The minimum atomic E-state index is 0.854. The molecular weight excluding hydrogens is 715 g/mol. The largest absolute Gasteiger partial charge is 0.310 e. The van der Waals surface area contributed by atoms with Crippen LogP contribution in [0.15, 0.2) is 237 Å². The van der Waals surface area contributed by atoms with Crippen LogP contribution in [0.1, 0.15) is 0 Å². The highest BCUT2D eigenvalue weighted by Gasteiger charge is 2.19. The van der Waals surface area contributed by atoms with Crippen molar-refractivity contribution in [2.24, 2.45) is 0 Å². The Hall–Kier alpha value is -7.88. The van der Waals surface area contributed by atoms with Gasteiger partial charge in [-0.3, -0.25) is 0 Å². The third-order valence-electron chi connectivity index (χ3n) is 10.9. The summed E-state index contributed by atoms with van der Waals surface area (Å²) in [5.41, 5.74) is 18.0. The minimum Gasteiger partial charge on any atom is -0.310 e. The second-order valence-corrected chi connectivity index (χ2v) is 14.6. The van der Waals surface area contributed by atoms with Gasteiger partial charge in [0.15, 0.2) is 0 Å². The smallest absolute Gasteiger partial charge is 0.0973 e. The maximum absolute atomic E-state index is 5.19. The Labute approximate surface area is 345 Å². The van der Waals surface area contributed by atoms with Gasteiger partial charge in [0.2, 0.25) is 0 Å². The van der Waals surface area contributed by atoms with Gasteiger partial charge in [-0.2, -0.15) is 0 Å².